The van der Waals surface area contributed by atoms with Crippen LogP contribution in [0.25, 0.3) is 0 Å². The molecule has 176 valence electrons. The molecule has 2 fully saturated rings. The predicted octanol–water partition coefficient (Wildman–Crippen LogP) is 4.14. The Morgan fingerprint density at radius 1 is 1.23 bits per heavy atom. The number of guanidine groups is 1. The van der Waals surface area contributed by atoms with Crippen LogP contribution in [0.15, 0.2) is 35.3 Å². The molecule has 0 saturated carbocycles. The van der Waals surface area contributed by atoms with Gasteiger partial charge in [0.1, 0.15) is 0 Å². The smallest absolute Gasteiger partial charge is 0.193 e. The molecule has 2 aliphatic heterocycles. The van der Waals surface area contributed by atoms with Crippen LogP contribution in [0.1, 0.15) is 46.0 Å². The van der Waals surface area contributed by atoms with E-state index in [-0.39, 0.29) is 24.0 Å². The maximum absolute atomic E-state index is 6.17. The molecule has 2 saturated heterocycles. The van der Waals surface area contributed by atoms with E-state index in [0.29, 0.717) is 18.2 Å². The van der Waals surface area contributed by atoms with Crippen LogP contribution in [0, 0.1) is 0 Å². The SMILES string of the molecule is CCNC(=NCC(C)N(C)c1ccccc1)N1CCC(OCC2CCCCO2)CC1.I. The summed E-state index contributed by atoms with van der Waals surface area (Å²) in [5.41, 5.74) is 1.23. The number of likely N-dealkylation sites (N-methyl/N-ethyl adjacent to an activating group) is 1. The Hall–Kier alpha value is -1.06. The molecule has 2 unspecified atom stereocenters. The number of hydrogen-bond acceptors (Lipinski definition) is 4. The van der Waals surface area contributed by atoms with E-state index in [9.17, 15) is 0 Å². The molecule has 1 N–H and O–H groups in total. The molecular formula is C24H41IN4O2. The average molecular weight is 545 g/mol. The van der Waals surface area contributed by atoms with E-state index in [1.165, 1.54) is 18.5 Å². The summed E-state index contributed by atoms with van der Waals surface area (Å²) in [5, 5.41) is 3.48. The second kappa shape index (κ2) is 14.2. The van der Waals surface area contributed by atoms with E-state index in [2.05, 4.69) is 66.3 Å². The van der Waals surface area contributed by atoms with Crippen molar-refractivity contribution in [3.63, 3.8) is 0 Å². The van der Waals surface area contributed by atoms with Gasteiger partial charge >= 0.3 is 0 Å². The fraction of sp³-hybridized carbons (Fsp3) is 0.708. The van der Waals surface area contributed by atoms with Crippen LogP contribution >= 0.6 is 24.0 Å². The number of hydrogen-bond donors (Lipinski definition) is 1. The highest BCUT2D eigenvalue weighted by Gasteiger charge is 2.24. The quantitative estimate of drug-likeness (QED) is 0.303. The van der Waals surface area contributed by atoms with E-state index < -0.39 is 0 Å². The fourth-order valence-corrected chi connectivity index (χ4v) is 4.10. The summed E-state index contributed by atoms with van der Waals surface area (Å²) < 4.78 is 12.0. The Kier molecular flexibility index (Phi) is 12.0. The van der Waals surface area contributed by atoms with Gasteiger partial charge in [-0.2, -0.15) is 0 Å². The molecule has 3 rings (SSSR count). The number of ether oxygens (including phenoxy) is 2. The third-order valence-electron chi connectivity index (χ3n) is 6.20. The second-order valence-corrected chi connectivity index (χ2v) is 8.50. The van der Waals surface area contributed by atoms with Crippen molar-refractivity contribution >= 4 is 35.6 Å². The Bertz CT molecular complexity index is 632. The van der Waals surface area contributed by atoms with E-state index in [1.807, 2.05) is 0 Å². The number of rotatable bonds is 8. The fourth-order valence-electron chi connectivity index (χ4n) is 4.10. The number of nitrogens with one attached hydrogen (secondary N) is 1. The van der Waals surface area contributed by atoms with Crippen LogP contribution in [0.2, 0.25) is 0 Å². The predicted molar refractivity (Wildman–Crippen MR) is 140 cm³/mol. The maximum atomic E-state index is 6.17. The van der Waals surface area contributed by atoms with Crippen LogP contribution < -0.4 is 10.2 Å². The molecule has 0 aromatic heterocycles. The molecule has 2 heterocycles. The van der Waals surface area contributed by atoms with Crippen molar-refractivity contribution in [3.05, 3.63) is 30.3 Å². The Labute approximate surface area is 205 Å². The number of aliphatic imine (C=N–C) groups is 1. The summed E-state index contributed by atoms with van der Waals surface area (Å²) in [6, 6.07) is 10.8. The van der Waals surface area contributed by atoms with Gasteiger partial charge in [0.05, 0.1) is 25.4 Å². The van der Waals surface area contributed by atoms with Crippen LogP contribution in [-0.4, -0.2) is 75.5 Å². The zero-order valence-electron chi connectivity index (χ0n) is 19.5. The second-order valence-electron chi connectivity index (χ2n) is 8.50. The number of piperidine rings is 1. The molecule has 1 aromatic carbocycles. The summed E-state index contributed by atoms with van der Waals surface area (Å²) in [7, 11) is 2.14. The van der Waals surface area contributed by atoms with Crippen molar-refractivity contribution in [2.45, 2.75) is 64.2 Å². The van der Waals surface area contributed by atoms with Gasteiger partial charge in [0.15, 0.2) is 5.96 Å². The molecule has 7 heteroatoms. The summed E-state index contributed by atoms with van der Waals surface area (Å²) in [5.74, 6) is 1.03. The molecule has 0 aliphatic carbocycles. The minimum Gasteiger partial charge on any atom is -0.376 e. The van der Waals surface area contributed by atoms with E-state index in [0.717, 1.165) is 64.6 Å². The summed E-state index contributed by atoms with van der Waals surface area (Å²) in [4.78, 5) is 9.63. The van der Waals surface area contributed by atoms with Gasteiger partial charge in [-0.25, -0.2) is 0 Å². The Morgan fingerprint density at radius 3 is 2.61 bits per heavy atom. The molecule has 0 radical (unpaired) electrons. The van der Waals surface area contributed by atoms with E-state index in [4.69, 9.17) is 14.5 Å². The standard InChI is InChI=1S/C24H40N4O2.HI/c1-4-25-24(26-18-20(2)27(3)21-10-6-5-7-11-21)28-15-13-22(14-16-28)30-19-23-12-8-9-17-29-23;/h5-7,10-11,20,22-23H,4,8-9,12-19H2,1-3H3,(H,25,26);1H. The van der Waals surface area contributed by atoms with Crippen LogP contribution in [0.3, 0.4) is 0 Å². The normalized spacial score (nSPS) is 21.3. The monoisotopic (exact) mass is 544 g/mol. The largest absolute Gasteiger partial charge is 0.376 e. The van der Waals surface area contributed by atoms with Crippen LogP contribution in [0.5, 0.6) is 0 Å². The molecule has 0 bridgehead atoms. The molecule has 0 amide bonds. The van der Waals surface area contributed by atoms with Gasteiger partial charge < -0.3 is 24.6 Å². The summed E-state index contributed by atoms with van der Waals surface area (Å²) in [6.07, 6.45) is 6.36. The molecule has 6 nitrogen and oxygen atoms in total. The van der Waals surface area contributed by atoms with Gasteiger partial charge in [-0.05, 0) is 58.1 Å². The first-order valence-corrected chi connectivity index (χ1v) is 11.7. The lowest BCUT2D eigenvalue weighted by molar-refractivity contribution is -0.0721. The van der Waals surface area contributed by atoms with Crippen molar-refractivity contribution < 1.29 is 9.47 Å². The molecule has 2 aliphatic rings. The lowest BCUT2D eigenvalue weighted by atomic mass is 10.1. The highest BCUT2D eigenvalue weighted by atomic mass is 127. The van der Waals surface area contributed by atoms with Gasteiger partial charge in [0.25, 0.3) is 0 Å². The van der Waals surface area contributed by atoms with Gasteiger partial charge in [0.2, 0.25) is 0 Å². The number of likely N-dealkylation sites (tertiary alicyclic amines) is 1. The van der Waals surface area contributed by atoms with Gasteiger partial charge in [-0.3, -0.25) is 4.99 Å². The van der Waals surface area contributed by atoms with Crippen LogP contribution in [0.4, 0.5) is 5.69 Å². The van der Waals surface area contributed by atoms with Crippen molar-refractivity contribution in [3.8, 4) is 0 Å². The van der Waals surface area contributed by atoms with Crippen molar-refractivity contribution in [1.29, 1.82) is 0 Å². The Balaban J connectivity index is 0.00000341. The van der Waals surface area contributed by atoms with Crippen molar-refractivity contribution in [2.24, 2.45) is 4.99 Å². The number of halogens is 1. The van der Waals surface area contributed by atoms with Gasteiger partial charge in [-0.1, -0.05) is 18.2 Å². The molecule has 2 atom stereocenters. The third kappa shape index (κ3) is 8.42. The van der Waals surface area contributed by atoms with E-state index in [1.54, 1.807) is 0 Å². The first-order valence-electron chi connectivity index (χ1n) is 11.7. The number of nitrogens with zero attached hydrogens (tertiary/aromatic N) is 3. The zero-order chi connectivity index (χ0) is 21.2. The number of para-hydroxylation sites is 1. The molecule has 31 heavy (non-hydrogen) atoms. The van der Waals surface area contributed by atoms with Gasteiger partial charge in [0, 0.05) is 45.0 Å². The highest BCUT2D eigenvalue weighted by molar-refractivity contribution is 14.0. The maximum Gasteiger partial charge on any atom is 0.193 e. The van der Waals surface area contributed by atoms with Crippen molar-refractivity contribution in [1.82, 2.24) is 10.2 Å². The lowest BCUT2D eigenvalue weighted by Gasteiger charge is -2.35. The number of benzene rings is 1. The molecule has 0 spiro atoms. The minimum absolute atomic E-state index is 0. The summed E-state index contributed by atoms with van der Waals surface area (Å²) in [6.45, 7) is 9.65. The zero-order valence-corrected chi connectivity index (χ0v) is 21.8. The number of anilines is 1. The van der Waals surface area contributed by atoms with Gasteiger partial charge in [-0.15, -0.1) is 24.0 Å². The highest BCUT2D eigenvalue weighted by Crippen LogP contribution is 2.18. The topological polar surface area (TPSA) is 49.3 Å². The molecular weight excluding hydrogens is 503 g/mol. The first-order chi connectivity index (χ1) is 14.7. The Morgan fingerprint density at radius 2 is 1.97 bits per heavy atom. The summed E-state index contributed by atoms with van der Waals surface area (Å²) >= 11 is 0. The third-order valence-corrected chi connectivity index (χ3v) is 6.20. The van der Waals surface area contributed by atoms with Crippen LogP contribution in [-0.2, 0) is 9.47 Å². The van der Waals surface area contributed by atoms with Crippen molar-refractivity contribution in [2.75, 3.05) is 51.3 Å². The average Bonchev–Trinajstić information content (AvgIpc) is 2.81. The molecule has 1 aromatic rings. The first kappa shape index (κ1) is 26.2. The lowest BCUT2D eigenvalue weighted by Crippen LogP contribution is -2.47. The minimum atomic E-state index is 0. The van der Waals surface area contributed by atoms with E-state index >= 15 is 0 Å².